The lowest BCUT2D eigenvalue weighted by molar-refractivity contribution is -0.121. The number of nitrogens with one attached hydrogen (secondary N) is 1. The van der Waals surface area contributed by atoms with Crippen molar-refractivity contribution in [2.75, 3.05) is 32.8 Å². The van der Waals surface area contributed by atoms with Crippen LogP contribution in [0.4, 0.5) is 0 Å². The Bertz CT molecular complexity index is 803. The van der Waals surface area contributed by atoms with E-state index in [1.165, 1.54) is 0 Å². The molecule has 27 heavy (non-hydrogen) atoms. The molecule has 1 atom stereocenters. The Labute approximate surface area is 162 Å². The molecule has 1 aliphatic rings. The zero-order chi connectivity index (χ0) is 19.4. The van der Waals surface area contributed by atoms with Crippen LogP contribution in [0.2, 0.25) is 0 Å². The van der Waals surface area contributed by atoms with Crippen LogP contribution in [0.5, 0.6) is 0 Å². The molecule has 1 aromatic heterocycles. The summed E-state index contributed by atoms with van der Waals surface area (Å²) >= 11 is 0. The number of aromatic nitrogens is 1. The number of carbonyl (C=O) groups excluding carboxylic acids is 1. The van der Waals surface area contributed by atoms with Gasteiger partial charge in [0.15, 0.2) is 0 Å². The van der Waals surface area contributed by atoms with E-state index in [1.807, 2.05) is 25.1 Å². The van der Waals surface area contributed by atoms with Crippen molar-refractivity contribution in [2.45, 2.75) is 40.2 Å². The summed E-state index contributed by atoms with van der Waals surface area (Å²) in [5.74, 6) is 0.674. The zero-order valence-electron chi connectivity index (χ0n) is 16.9. The molecule has 1 N–H and O–H groups in total. The number of nitrogens with zero attached hydrogens (tertiary/aromatic N) is 2. The van der Waals surface area contributed by atoms with Crippen LogP contribution < -0.4 is 5.32 Å². The second-order valence-electron chi connectivity index (χ2n) is 7.94. The summed E-state index contributed by atoms with van der Waals surface area (Å²) in [6.45, 7) is 12.8. The van der Waals surface area contributed by atoms with Crippen molar-refractivity contribution < 1.29 is 9.53 Å². The summed E-state index contributed by atoms with van der Waals surface area (Å²) in [7, 11) is 0. The highest BCUT2D eigenvalue weighted by Crippen LogP contribution is 2.22. The smallest absolute Gasteiger partial charge is 0.224 e. The number of hydrogen-bond acceptors (Lipinski definition) is 4. The molecule has 0 aliphatic carbocycles. The topological polar surface area (TPSA) is 54.5 Å². The fraction of sp³-hybridized carbons (Fsp3) is 0.545. The predicted octanol–water partition coefficient (Wildman–Crippen LogP) is 2.87. The van der Waals surface area contributed by atoms with E-state index in [1.54, 1.807) is 0 Å². The number of aryl methyl sites for hydroxylation is 2. The molecule has 2 aromatic rings. The van der Waals surface area contributed by atoms with E-state index >= 15 is 0 Å². The van der Waals surface area contributed by atoms with Crippen molar-refractivity contribution in [3.8, 4) is 0 Å². The van der Waals surface area contributed by atoms with E-state index in [4.69, 9.17) is 4.74 Å². The Morgan fingerprint density at radius 2 is 2.11 bits per heavy atom. The number of rotatable bonds is 6. The highest BCUT2D eigenvalue weighted by molar-refractivity contribution is 5.86. The van der Waals surface area contributed by atoms with Crippen LogP contribution in [0, 0.1) is 19.8 Å². The van der Waals surface area contributed by atoms with Gasteiger partial charge in [-0.2, -0.15) is 0 Å². The highest BCUT2D eigenvalue weighted by Gasteiger charge is 2.22. The summed E-state index contributed by atoms with van der Waals surface area (Å²) in [6, 6.07) is 8.09. The molecule has 1 saturated heterocycles. The summed E-state index contributed by atoms with van der Waals surface area (Å²) < 4.78 is 5.83. The summed E-state index contributed by atoms with van der Waals surface area (Å²) in [5, 5.41) is 4.18. The van der Waals surface area contributed by atoms with Gasteiger partial charge in [-0.3, -0.25) is 14.7 Å². The standard InChI is InChI=1S/C22H31N3O2/c1-15(2)13-25-9-10-27-18(14-25)12-23-22(26)11-20-16(3)19-7-5-6-8-21(19)24-17(20)4/h5-8,15,18H,9-14H2,1-4H3,(H,23,26). The molecule has 0 radical (unpaired) electrons. The van der Waals surface area contributed by atoms with E-state index in [0.717, 1.165) is 54.0 Å². The number of hydrogen-bond donors (Lipinski definition) is 1. The highest BCUT2D eigenvalue weighted by atomic mass is 16.5. The quantitative estimate of drug-likeness (QED) is 0.851. The number of amides is 1. The Morgan fingerprint density at radius 1 is 1.33 bits per heavy atom. The van der Waals surface area contributed by atoms with Crippen LogP contribution in [-0.4, -0.2) is 54.7 Å². The minimum Gasteiger partial charge on any atom is -0.374 e. The molecule has 1 aliphatic heterocycles. The SMILES string of the molecule is Cc1nc2ccccc2c(C)c1CC(=O)NCC1CN(CC(C)C)CCO1. The maximum atomic E-state index is 12.5. The molecule has 0 bridgehead atoms. The van der Waals surface area contributed by atoms with Gasteiger partial charge in [0.2, 0.25) is 5.91 Å². The maximum Gasteiger partial charge on any atom is 0.224 e. The number of benzene rings is 1. The lowest BCUT2D eigenvalue weighted by Gasteiger charge is -2.34. The van der Waals surface area contributed by atoms with Gasteiger partial charge in [0.25, 0.3) is 0 Å². The van der Waals surface area contributed by atoms with Crippen molar-refractivity contribution in [1.82, 2.24) is 15.2 Å². The van der Waals surface area contributed by atoms with Crippen LogP contribution in [0.15, 0.2) is 24.3 Å². The van der Waals surface area contributed by atoms with Gasteiger partial charge in [0.05, 0.1) is 24.6 Å². The van der Waals surface area contributed by atoms with Gasteiger partial charge < -0.3 is 10.1 Å². The third-order valence-corrected chi connectivity index (χ3v) is 5.20. The van der Waals surface area contributed by atoms with Crippen molar-refractivity contribution in [3.63, 3.8) is 0 Å². The van der Waals surface area contributed by atoms with Gasteiger partial charge >= 0.3 is 0 Å². The van der Waals surface area contributed by atoms with Crippen molar-refractivity contribution in [2.24, 2.45) is 5.92 Å². The third-order valence-electron chi connectivity index (χ3n) is 5.20. The van der Waals surface area contributed by atoms with Crippen molar-refractivity contribution in [3.05, 3.63) is 41.1 Å². The summed E-state index contributed by atoms with van der Waals surface area (Å²) in [6.07, 6.45) is 0.427. The third kappa shape index (κ3) is 5.05. The second kappa shape index (κ2) is 8.81. The molecular formula is C22H31N3O2. The van der Waals surface area contributed by atoms with Crippen molar-refractivity contribution in [1.29, 1.82) is 0 Å². The van der Waals surface area contributed by atoms with Crippen LogP contribution in [0.1, 0.15) is 30.7 Å². The van der Waals surface area contributed by atoms with Crippen LogP contribution in [-0.2, 0) is 16.0 Å². The number of morpholine rings is 1. The van der Waals surface area contributed by atoms with E-state index in [9.17, 15) is 4.79 Å². The largest absolute Gasteiger partial charge is 0.374 e. The number of para-hydroxylation sites is 1. The average Bonchev–Trinajstić information content (AvgIpc) is 2.63. The molecule has 1 aromatic carbocycles. The Kier molecular flexibility index (Phi) is 6.45. The van der Waals surface area contributed by atoms with Gasteiger partial charge in [-0.25, -0.2) is 0 Å². The Balaban J connectivity index is 1.59. The summed E-state index contributed by atoms with van der Waals surface area (Å²) in [5.41, 5.74) is 4.08. The Morgan fingerprint density at radius 3 is 2.89 bits per heavy atom. The molecule has 1 unspecified atom stereocenters. The van der Waals surface area contributed by atoms with Gasteiger partial charge in [-0.05, 0) is 37.0 Å². The van der Waals surface area contributed by atoms with E-state index in [2.05, 4.69) is 42.0 Å². The van der Waals surface area contributed by atoms with Gasteiger partial charge in [-0.1, -0.05) is 32.0 Å². The molecule has 5 nitrogen and oxygen atoms in total. The lowest BCUT2D eigenvalue weighted by Crippen LogP contribution is -2.48. The monoisotopic (exact) mass is 369 g/mol. The lowest BCUT2D eigenvalue weighted by atomic mass is 9.99. The molecule has 5 heteroatoms. The van der Waals surface area contributed by atoms with Gasteiger partial charge in [-0.15, -0.1) is 0 Å². The number of carbonyl (C=O) groups is 1. The number of pyridine rings is 1. The minimum absolute atomic E-state index is 0.0304. The van der Waals surface area contributed by atoms with Gasteiger partial charge in [0.1, 0.15) is 0 Å². The van der Waals surface area contributed by atoms with E-state index < -0.39 is 0 Å². The summed E-state index contributed by atoms with van der Waals surface area (Å²) in [4.78, 5) is 19.6. The molecule has 0 saturated carbocycles. The molecule has 2 heterocycles. The van der Waals surface area contributed by atoms with Crippen molar-refractivity contribution >= 4 is 16.8 Å². The molecular weight excluding hydrogens is 338 g/mol. The van der Waals surface area contributed by atoms with Crippen LogP contribution in [0.25, 0.3) is 10.9 Å². The normalized spacial score (nSPS) is 18.2. The second-order valence-corrected chi connectivity index (χ2v) is 7.94. The number of fused-ring (bicyclic) bond motifs is 1. The molecule has 1 fully saturated rings. The predicted molar refractivity (Wildman–Crippen MR) is 109 cm³/mol. The molecule has 146 valence electrons. The van der Waals surface area contributed by atoms with E-state index in [-0.39, 0.29) is 12.0 Å². The zero-order valence-corrected chi connectivity index (χ0v) is 16.9. The first-order valence-electron chi connectivity index (χ1n) is 9.89. The molecule has 3 rings (SSSR count). The first-order valence-corrected chi connectivity index (χ1v) is 9.89. The van der Waals surface area contributed by atoms with E-state index in [0.29, 0.717) is 18.9 Å². The van der Waals surface area contributed by atoms with Crippen LogP contribution >= 0.6 is 0 Å². The number of ether oxygens (including phenoxy) is 1. The molecule has 0 spiro atoms. The van der Waals surface area contributed by atoms with Gasteiger partial charge in [0, 0.05) is 37.3 Å². The maximum absolute atomic E-state index is 12.5. The minimum atomic E-state index is 0.0304. The molecule has 1 amide bonds. The fourth-order valence-electron chi connectivity index (χ4n) is 3.87. The first-order chi connectivity index (χ1) is 12.9. The Hall–Kier alpha value is -1.98. The first kappa shape index (κ1) is 19.8. The van der Waals surface area contributed by atoms with Crippen LogP contribution in [0.3, 0.4) is 0 Å². The fourth-order valence-corrected chi connectivity index (χ4v) is 3.87. The average molecular weight is 370 g/mol.